The Morgan fingerprint density at radius 1 is 1.21 bits per heavy atom. The lowest BCUT2D eigenvalue weighted by atomic mass is 10.1. The first kappa shape index (κ1) is 13.6. The van der Waals surface area contributed by atoms with E-state index in [0.29, 0.717) is 0 Å². The van der Waals surface area contributed by atoms with E-state index in [-0.39, 0.29) is 0 Å². The van der Waals surface area contributed by atoms with Gasteiger partial charge in [-0.05, 0) is 60.9 Å². The summed E-state index contributed by atoms with van der Waals surface area (Å²) in [6, 6.07) is 14.2. The molecule has 0 aliphatic heterocycles. The molecule has 0 bridgehead atoms. The highest BCUT2D eigenvalue weighted by Gasteiger charge is 2.04. The summed E-state index contributed by atoms with van der Waals surface area (Å²) in [5, 5.41) is 12.3. The van der Waals surface area contributed by atoms with Gasteiger partial charge in [0.25, 0.3) is 0 Å². The van der Waals surface area contributed by atoms with Crippen molar-refractivity contribution in [3.05, 3.63) is 57.6 Å². The molecule has 2 aromatic carbocycles. The van der Waals surface area contributed by atoms with Gasteiger partial charge in [0.15, 0.2) is 0 Å². The molecular formula is C16H15BrN2. The van der Waals surface area contributed by atoms with Crippen molar-refractivity contribution in [2.75, 3.05) is 5.32 Å². The topological polar surface area (TPSA) is 35.8 Å². The molecule has 0 aromatic heterocycles. The molecule has 0 spiro atoms. The first-order chi connectivity index (χ1) is 9.13. The Morgan fingerprint density at radius 3 is 2.63 bits per heavy atom. The van der Waals surface area contributed by atoms with Crippen molar-refractivity contribution < 1.29 is 0 Å². The predicted molar refractivity (Wildman–Crippen MR) is 82.7 cm³/mol. The number of nitriles is 1. The molecule has 0 atom stereocenters. The average Bonchev–Trinajstić information content (AvgIpc) is 2.41. The summed E-state index contributed by atoms with van der Waals surface area (Å²) >= 11 is 3.49. The van der Waals surface area contributed by atoms with E-state index in [1.165, 1.54) is 5.56 Å². The van der Waals surface area contributed by atoms with Crippen LogP contribution < -0.4 is 5.32 Å². The van der Waals surface area contributed by atoms with Crippen molar-refractivity contribution in [2.24, 2.45) is 0 Å². The third-order valence-electron chi connectivity index (χ3n) is 3.07. The molecule has 0 amide bonds. The quantitative estimate of drug-likeness (QED) is 0.871. The molecule has 19 heavy (non-hydrogen) atoms. The Kier molecular flexibility index (Phi) is 4.24. The van der Waals surface area contributed by atoms with Gasteiger partial charge >= 0.3 is 0 Å². The fourth-order valence-electron chi connectivity index (χ4n) is 2.00. The number of benzene rings is 2. The lowest BCUT2D eigenvalue weighted by Gasteiger charge is -2.12. The van der Waals surface area contributed by atoms with E-state index in [1.807, 2.05) is 31.2 Å². The smallest absolute Gasteiger partial charge is 0.0994 e. The van der Waals surface area contributed by atoms with Gasteiger partial charge in [0.1, 0.15) is 0 Å². The van der Waals surface area contributed by atoms with Crippen LogP contribution in [0.1, 0.15) is 23.6 Å². The monoisotopic (exact) mass is 314 g/mol. The Bertz CT molecular complexity index is 642. The van der Waals surface area contributed by atoms with Gasteiger partial charge in [-0.2, -0.15) is 5.26 Å². The number of hydrogen-bond acceptors (Lipinski definition) is 2. The van der Waals surface area contributed by atoms with Crippen molar-refractivity contribution in [1.29, 1.82) is 5.26 Å². The molecule has 2 rings (SSSR count). The number of aryl methyl sites for hydroxylation is 2. The third kappa shape index (κ3) is 3.15. The third-order valence-corrected chi connectivity index (χ3v) is 3.57. The Balaban J connectivity index is 2.31. The van der Waals surface area contributed by atoms with E-state index >= 15 is 0 Å². The second-order valence-corrected chi connectivity index (χ2v) is 5.34. The van der Waals surface area contributed by atoms with E-state index in [2.05, 4.69) is 46.4 Å². The van der Waals surface area contributed by atoms with Crippen molar-refractivity contribution in [3.8, 4) is 6.07 Å². The van der Waals surface area contributed by atoms with Crippen molar-refractivity contribution in [2.45, 2.75) is 20.3 Å². The number of anilines is 2. The molecule has 96 valence electrons. The molecule has 2 nitrogen and oxygen atoms in total. The largest absolute Gasteiger partial charge is 0.355 e. The van der Waals surface area contributed by atoms with Gasteiger partial charge in [-0.3, -0.25) is 0 Å². The molecule has 0 saturated carbocycles. The number of nitrogens with zero attached hydrogens (tertiary/aromatic N) is 1. The molecule has 0 radical (unpaired) electrons. The summed E-state index contributed by atoms with van der Waals surface area (Å²) in [6.07, 6.45) is 0.969. The Hall–Kier alpha value is -1.79. The van der Waals surface area contributed by atoms with Crippen LogP contribution in [-0.4, -0.2) is 0 Å². The zero-order valence-electron chi connectivity index (χ0n) is 11.0. The fourth-order valence-corrected chi connectivity index (χ4v) is 2.41. The van der Waals surface area contributed by atoms with Crippen LogP contribution in [0, 0.1) is 18.3 Å². The zero-order chi connectivity index (χ0) is 13.8. The van der Waals surface area contributed by atoms with Crippen molar-refractivity contribution >= 4 is 27.3 Å². The summed E-state index contributed by atoms with van der Waals surface area (Å²) in [7, 11) is 0. The maximum Gasteiger partial charge on any atom is 0.0994 e. The number of halogens is 1. The molecule has 1 N–H and O–H groups in total. The fraction of sp³-hybridized carbons (Fsp3) is 0.188. The standard InChI is InChI=1S/C16H15BrN2/c1-3-12-9-14(17)5-7-16(12)19-15-6-4-13(10-18)11(2)8-15/h4-9,19H,3H2,1-2H3. The van der Waals surface area contributed by atoms with Crippen molar-refractivity contribution in [1.82, 2.24) is 0 Å². The first-order valence-corrected chi connectivity index (χ1v) is 6.99. The maximum absolute atomic E-state index is 8.94. The van der Waals surface area contributed by atoms with E-state index < -0.39 is 0 Å². The second-order valence-electron chi connectivity index (χ2n) is 4.42. The summed E-state index contributed by atoms with van der Waals surface area (Å²) < 4.78 is 1.09. The van der Waals surface area contributed by atoms with Gasteiger partial charge in [0.2, 0.25) is 0 Å². The Morgan fingerprint density at radius 2 is 2.00 bits per heavy atom. The predicted octanol–water partition coefficient (Wildman–Crippen LogP) is 4.94. The molecule has 0 saturated heterocycles. The minimum absolute atomic E-state index is 0.720. The average molecular weight is 315 g/mol. The summed E-state index contributed by atoms with van der Waals surface area (Å²) in [5.41, 5.74) is 5.08. The van der Waals surface area contributed by atoms with Crippen LogP contribution in [0.5, 0.6) is 0 Å². The van der Waals surface area contributed by atoms with E-state index in [1.54, 1.807) is 0 Å². The van der Waals surface area contributed by atoms with Crippen LogP contribution in [0.15, 0.2) is 40.9 Å². The maximum atomic E-state index is 8.94. The highest BCUT2D eigenvalue weighted by molar-refractivity contribution is 9.10. The van der Waals surface area contributed by atoms with E-state index in [4.69, 9.17) is 5.26 Å². The molecule has 0 aliphatic carbocycles. The minimum Gasteiger partial charge on any atom is -0.355 e. The molecule has 0 aliphatic rings. The Labute approximate surface area is 122 Å². The van der Waals surface area contributed by atoms with Crippen molar-refractivity contribution in [3.63, 3.8) is 0 Å². The van der Waals surface area contributed by atoms with Crippen LogP contribution in [0.4, 0.5) is 11.4 Å². The number of hydrogen-bond donors (Lipinski definition) is 1. The number of rotatable bonds is 3. The van der Waals surface area contributed by atoms with Gasteiger partial charge in [0, 0.05) is 15.8 Å². The van der Waals surface area contributed by atoms with Crippen LogP contribution in [0.2, 0.25) is 0 Å². The van der Waals surface area contributed by atoms with Crippen LogP contribution >= 0.6 is 15.9 Å². The normalized spacial score (nSPS) is 10.0. The molecule has 2 aromatic rings. The molecular weight excluding hydrogens is 300 g/mol. The van der Waals surface area contributed by atoms with Crippen LogP contribution in [0.25, 0.3) is 0 Å². The summed E-state index contributed by atoms with van der Waals surface area (Å²) in [4.78, 5) is 0. The van der Waals surface area contributed by atoms with Gasteiger partial charge in [-0.25, -0.2) is 0 Å². The van der Waals surface area contributed by atoms with Crippen LogP contribution in [-0.2, 0) is 6.42 Å². The van der Waals surface area contributed by atoms with Crippen LogP contribution in [0.3, 0.4) is 0 Å². The molecule has 0 fully saturated rings. The number of nitrogens with one attached hydrogen (secondary N) is 1. The van der Waals surface area contributed by atoms with Gasteiger partial charge in [-0.1, -0.05) is 22.9 Å². The second kappa shape index (κ2) is 5.90. The first-order valence-electron chi connectivity index (χ1n) is 6.20. The lowest BCUT2D eigenvalue weighted by Crippen LogP contribution is -1.96. The molecule has 0 unspecified atom stereocenters. The van der Waals surface area contributed by atoms with Gasteiger partial charge < -0.3 is 5.32 Å². The highest BCUT2D eigenvalue weighted by Crippen LogP contribution is 2.26. The minimum atomic E-state index is 0.720. The zero-order valence-corrected chi connectivity index (χ0v) is 12.6. The van der Waals surface area contributed by atoms with Gasteiger partial charge in [0.05, 0.1) is 11.6 Å². The van der Waals surface area contributed by atoms with Gasteiger partial charge in [-0.15, -0.1) is 0 Å². The summed E-state index contributed by atoms with van der Waals surface area (Å²) in [6.45, 7) is 4.09. The molecule has 0 heterocycles. The lowest BCUT2D eigenvalue weighted by molar-refractivity contribution is 1.14. The summed E-state index contributed by atoms with van der Waals surface area (Å²) in [5.74, 6) is 0. The van der Waals surface area contributed by atoms with E-state index in [0.717, 1.165) is 33.4 Å². The molecule has 3 heteroatoms. The SMILES string of the molecule is CCc1cc(Br)ccc1Nc1ccc(C#N)c(C)c1. The highest BCUT2D eigenvalue weighted by atomic mass is 79.9. The van der Waals surface area contributed by atoms with E-state index in [9.17, 15) is 0 Å².